The molecule has 118 valence electrons. The Kier molecular flexibility index (Phi) is 3.69. The molecule has 1 fully saturated rings. The number of carbonyl (C=O) groups is 1. The second kappa shape index (κ2) is 5.53. The second-order valence-corrected chi connectivity index (χ2v) is 5.58. The van der Waals surface area contributed by atoms with Crippen LogP contribution in [0.25, 0.3) is 0 Å². The lowest BCUT2D eigenvalue weighted by molar-refractivity contribution is 0.0863. The van der Waals surface area contributed by atoms with Crippen LogP contribution in [-0.2, 0) is 16.8 Å². The molecule has 0 spiro atoms. The highest BCUT2D eigenvalue weighted by molar-refractivity contribution is 5.93. The van der Waals surface area contributed by atoms with Crippen LogP contribution in [0.5, 0.6) is 0 Å². The summed E-state index contributed by atoms with van der Waals surface area (Å²) in [4.78, 5) is 21.7. The van der Waals surface area contributed by atoms with E-state index in [4.69, 9.17) is 4.74 Å². The number of carbonyl (C=O) groups excluding carboxylic acids is 1. The van der Waals surface area contributed by atoms with Crippen LogP contribution in [0.4, 0.5) is 0 Å². The van der Waals surface area contributed by atoms with Crippen molar-refractivity contribution in [2.24, 2.45) is 0 Å². The Morgan fingerprint density at radius 3 is 2.86 bits per heavy atom. The van der Waals surface area contributed by atoms with Gasteiger partial charge < -0.3 is 15.0 Å². The Hall–Kier alpha value is -2.22. The molecule has 3 rings (SSSR count). The fourth-order valence-electron chi connectivity index (χ4n) is 2.62. The van der Waals surface area contributed by atoms with Crippen molar-refractivity contribution in [3.8, 4) is 0 Å². The van der Waals surface area contributed by atoms with Gasteiger partial charge in [0.05, 0.1) is 18.8 Å². The van der Waals surface area contributed by atoms with Gasteiger partial charge in [0.2, 0.25) is 0 Å². The Bertz CT molecular complexity index is 683. The first-order valence-corrected chi connectivity index (χ1v) is 7.38. The molecule has 1 atom stereocenters. The van der Waals surface area contributed by atoms with Crippen molar-refractivity contribution in [3.05, 3.63) is 29.1 Å². The van der Waals surface area contributed by atoms with Crippen molar-refractivity contribution in [1.82, 2.24) is 30.3 Å². The topological polar surface area (TPSA) is 97.7 Å². The van der Waals surface area contributed by atoms with Crippen molar-refractivity contribution in [2.45, 2.75) is 39.3 Å². The standard InChI is InChI=1S/C14H20N6O2/c1-4-20-18-10(3)11(19-20)12(21)17-14(5-6-22-8-14)13-15-7-9(2)16-13/h7H,4-6,8H2,1-3H3,(H,15,16)(H,17,21). The molecule has 1 amide bonds. The molecule has 0 aromatic carbocycles. The van der Waals surface area contributed by atoms with Crippen LogP contribution in [0.15, 0.2) is 6.20 Å². The fraction of sp³-hybridized carbons (Fsp3) is 0.571. The molecular formula is C14H20N6O2. The molecule has 1 unspecified atom stereocenters. The summed E-state index contributed by atoms with van der Waals surface area (Å²) in [6.07, 6.45) is 2.42. The van der Waals surface area contributed by atoms with Gasteiger partial charge in [-0.3, -0.25) is 4.79 Å². The van der Waals surface area contributed by atoms with Gasteiger partial charge in [0.25, 0.3) is 5.91 Å². The number of amides is 1. The first-order chi connectivity index (χ1) is 10.5. The van der Waals surface area contributed by atoms with E-state index >= 15 is 0 Å². The van der Waals surface area contributed by atoms with Gasteiger partial charge in [0.1, 0.15) is 11.4 Å². The molecule has 2 aromatic rings. The fourth-order valence-corrected chi connectivity index (χ4v) is 2.62. The Morgan fingerprint density at radius 2 is 2.32 bits per heavy atom. The van der Waals surface area contributed by atoms with E-state index in [0.717, 1.165) is 11.5 Å². The lowest BCUT2D eigenvalue weighted by atomic mass is 9.97. The van der Waals surface area contributed by atoms with Gasteiger partial charge >= 0.3 is 0 Å². The number of aromatic nitrogens is 5. The SMILES string of the molecule is CCn1nc(C)c(C(=O)NC2(c3ncc(C)[nH]3)CCOC2)n1. The third-order valence-electron chi connectivity index (χ3n) is 3.85. The van der Waals surface area contributed by atoms with Crippen LogP contribution < -0.4 is 5.32 Å². The number of hydrogen-bond acceptors (Lipinski definition) is 5. The first kappa shape index (κ1) is 14.7. The van der Waals surface area contributed by atoms with Crippen molar-refractivity contribution >= 4 is 5.91 Å². The molecule has 8 nitrogen and oxygen atoms in total. The predicted molar refractivity (Wildman–Crippen MR) is 78.3 cm³/mol. The zero-order valence-electron chi connectivity index (χ0n) is 13.0. The minimum atomic E-state index is -0.631. The van der Waals surface area contributed by atoms with Gasteiger partial charge in [-0.2, -0.15) is 9.90 Å². The number of imidazole rings is 1. The number of rotatable bonds is 4. The number of nitrogens with zero attached hydrogens (tertiary/aromatic N) is 4. The summed E-state index contributed by atoms with van der Waals surface area (Å²) < 4.78 is 5.50. The minimum absolute atomic E-state index is 0.253. The van der Waals surface area contributed by atoms with Gasteiger partial charge in [-0.15, -0.1) is 5.10 Å². The van der Waals surface area contributed by atoms with Crippen molar-refractivity contribution < 1.29 is 9.53 Å². The molecule has 0 radical (unpaired) electrons. The van der Waals surface area contributed by atoms with E-state index in [0.29, 0.717) is 37.6 Å². The van der Waals surface area contributed by atoms with E-state index in [1.807, 2.05) is 13.8 Å². The molecule has 0 bridgehead atoms. The predicted octanol–water partition coefficient (Wildman–Crippen LogP) is 0.684. The number of aryl methyl sites for hydroxylation is 3. The molecule has 0 saturated carbocycles. The minimum Gasteiger partial charge on any atom is -0.378 e. The van der Waals surface area contributed by atoms with E-state index in [1.54, 1.807) is 13.1 Å². The molecular weight excluding hydrogens is 284 g/mol. The van der Waals surface area contributed by atoms with E-state index in [9.17, 15) is 4.79 Å². The molecule has 2 aromatic heterocycles. The van der Waals surface area contributed by atoms with Gasteiger partial charge in [0, 0.05) is 24.9 Å². The Balaban J connectivity index is 1.88. The molecule has 22 heavy (non-hydrogen) atoms. The van der Waals surface area contributed by atoms with Crippen molar-refractivity contribution in [2.75, 3.05) is 13.2 Å². The van der Waals surface area contributed by atoms with Gasteiger partial charge in [-0.1, -0.05) is 0 Å². The lowest BCUT2D eigenvalue weighted by Gasteiger charge is -2.26. The van der Waals surface area contributed by atoms with Crippen molar-refractivity contribution in [1.29, 1.82) is 0 Å². The summed E-state index contributed by atoms with van der Waals surface area (Å²) >= 11 is 0. The van der Waals surface area contributed by atoms with Crippen LogP contribution >= 0.6 is 0 Å². The first-order valence-electron chi connectivity index (χ1n) is 7.38. The zero-order valence-corrected chi connectivity index (χ0v) is 13.0. The second-order valence-electron chi connectivity index (χ2n) is 5.58. The van der Waals surface area contributed by atoms with Crippen LogP contribution in [0.2, 0.25) is 0 Å². The maximum absolute atomic E-state index is 12.6. The maximum atomic E-state index is 12.6. The summed E-state index contributed by atoms with van der Waals surface area (Å²) in [5.41, 5.74) is 1.28. The van der Waals surface area contributed by atoms with Crippen molar-refractivity contribution in [3.63, 3.8) is 0 Å². The van der Waals surface area contributed by atoms with Crippen LogP contribution in [-0.4, -0.2) is 44.1 Å². The smallest absolute Gasteiger partial charge is 0.274 e. The molecule has 2 N–H and O–H groups in total. The Morgan fingerprint density at radius 1 is 1.50 bits per heavy atom. The quantitative estimate of drug-likeness (QED) is 0.866. The van der Waals surface area contributed by atoms with E-state index in [1.165, 1.54) is 4.80 Å². The normalized spacial score (nSPS) is 21.2. The third kappa shape index (κ3) is 2.50. The lowest BCUT2D eigenvalue weighted by Crippen LogP contribution is -2.47. The zero-order chi connectivity index (χ0) is 15.7. The number of ether oxygens (including phenoxy) is 1. The number of aromatic amines is 1. The van der Waals surface area contributed by atoms with E-state index in [2.05, 4.69) is 25.5 Å². The number of nitrogens with one attached hydrogen (secondary N) is 2. The highest BCUT2D eigenvalue weighted by Gasteiger charge is 2.41. The molecule has 8 heteroatoms. The van der Waals surface area contributed by atoms with Crippen LogP contribution in [0, 0.1) is 13.8 Å². The highest BCUT2D eigenvalue weighted by atomic mass is 16.5. The summed E-state index contributed by atoms with van der Waals surface area (Å²) in [6, 6.07) is 0. The molecule has 1 saturated heterocycles. The highest BCUT2D eigenvalue weighted by Crippen LogP contribution is 2.28. The van der Waals surface area contributed by atoms with E-state index < -0.39 is 5.54 Å². The summed E-state index contributed by atoms with van der Waals surface area (Å²) in [5.74, 6) is 0.466. The van der Waals surface area contributed by atoms with Gasteiger partial charge in [-0.25, -0.2) is 4.98 Å². The maximum Gasteiger partial charge on any atom is 0.274 e. The number of hydrogen-bond donors (Lipinski definition) is 2. The van der Waals surface area contributed by atoms with Crippen LogP contribution in [0.1, 0.15) is 41.0 Å². The van der Waals surface area contributed by atoms with Gasteiger partial charge in [0.15, 0.2) is 5.69 Å². The monoisotopic (exact) mass is 304 g/mol. The molecule has 0 aliphatic carbocycles. The largest absolute Gasteiger partial charge is 0.378 e. The summed E-state index contributed by atoms with van der Waals surface area (Å²) in [6.45, 7) is 7.24. The average Bonchev–Trinajstić information content (AvgIpc) is 3.19. The van der Waals surface area contributed by atoms with E-state index in [-0.39, 0.29) is 5.91 Å². The summed E-state index contributed by atoms with van der Waals surface area (Å²) in [5, 5.41) is 11.5. The summed E-state index contributed by atoms with van der Waals surface area (Å²) in [7, 11) is 0. The third-order valence-corrected chi connectivity index (χ3v) is 3.85. The average molecular weight is 304 g/mol. The molecule has 1 aliphatic heterocycles. The molecule has 3 heterocycles. The van der Waals surface area contributed by atoms with Crippen LogP contribution in [0.3, 0.4) is 0 Å². The molecule has 1 aliphatic rings. The van der Waals surface area contributed by atoms with Gasteiger partial charge in [-0.05, 0) is 20.8 Å². The number of H-pyrrole nitrogens is 1. The Labute approximate surface area is 128 Å².